The van der Waals surface area contributed by atoms with E-state index < -0.39 is 11.7 Å². The maximum Gasteiger partial charge on any atom is 0.412 e. The molecule has 34 heavy (non-hydrogen) atoms. The van der Waals surface area contributed by atoms with E-state index in [9.17, 15) is 13.2 Å². The summed E-state index contributed by atoms with van der Waals surface area (Å²) in [5.41, 5.74) is 2.60. The van der Waals surface area contributed by atoms with Crippen LogP contribution >= 0.6 is 0 Å². The summed E-state index contributed by atoms with van der Waals surface area (Å²) < 4.78 is 47.2. The molecule has 180 valence electrons. The van der Waals surface area contributed by atoms with Crippen molar-refractivity contribution in [1.82, 2.24) is 24.7 Å². The monoisotopic (exact) mass is 472 g/mol. The van der Waals surface area contributed by atoms with Gasteiger partial charge in [0.15, 0.2) is 0 Å². The smallest absolute Gasteiger partial charge is 0.367 e. The molecule has 2 aliphatic rings. The molecule has 0 spiro atoms. The molecule has 0 amide bonds. The van der Waals surface area contributed by atoms with E-state index in [1.165, 1.54) is 0 Å². The van der Waals surface area contributed by atoms with Crippen LogP contribution in [0.3, 0.4) is 0 Å². The van der Waals surface area contributed by atoms with Crippen molar-refractivity contribution in [1.29, 1.82) is 0 Å². The Labute approximate surface area is 195 Å². The molecule has 2 fully saturated rings. The molecule has 3 aromatic heterocycles. The number of alkyl halides is 3. The molecule has 5 rings (SSSR count). The maximum atomic E-state index is 13.0. The normalized spacial score (nSPS) is 21.3. The Kier molecular flexibility index (Phi) is 5.79. The first-order valence-electron chi connectivity index (χ1n) is 11.5. The Morgan fingerprint density at radius 1 is 1.21 bits per heavy atom. The van der Waals surface area contributed by atoms with Crippen molar-refractivity contribution in [3.05, 3.63) is 53.8 Å². The van der Waals surface area contributed by atoms with Gasteiger partial charge in [-0.1, -0.05) is 6.58 Å². The van der Waals surface area contributed by atoms with Crippen LogP contribution in [0.1, 0.15) is 55.3 Å². The molecule has 0 unspecified atom stereocenters. The van der Waals surface area contributed by atoms with Gasteiger partial charge in [-0.15, -0.1) is 0 Å². The third kappa shape index (κ3) is 4.77. The van der Waals surface area contributed by atoms with Gasteiger partial charge < -0.3 is 9.64 Å². The highest BCUT2D eigenvalue weighted by atomic mass is 19.4. The fourth-order valence-electron chi connectivity index (χ4n) is 4.29. The van der Waals surface area contributed by atoms with Gasteiger partial charge in [-0.2, -0.15) is 18.3 Å². The number of halogens is 3. The van der Waals surface area contributed by atoms with Crippen molar-refractivity contribution >= 4 is 16.9 Å². The number of allylic oxidation sites excluding steroid dienone is 1. The molecule has 0 bridgehead atoms. The van der Waals surface area contributed by atoms with Crippen LogP contribution < -0.4 is 4.90 Å². The van der Waals surface area contributed by atoms with E-state index in [0.29, 0.717) is 41.7 Å². The van der Waals surface area contributed by atoms with Gasteiger partial charge in [-0.25, -0.2) is 9.97 Å². The van der Waals surface area contributed by atoms with E-state index in [1.54, 1.807) is 6.20 Å². The number of aromatic nitrogens is 5. The highest BCUT2D eigenvalue weighted by molar-refractivity contribution is 5.79. The lowest BCUT2D eigenvalue weighted by Crippen LogP contribution is -2.43. The number of rotatable bonds is 6. The molecule has 1 aliphatic heterocycles. The predicted molar refractivity (Wildman–Crippen MR) is 122 cm³/mol. The molecule has 2 atom stereocenters. The SMILES string of the molecule is C=C(CCc1nc(N2C[C@@H](C)O[C@H](c3cnn(C4CC4)c3)C2)cc2nc(C)cnc12)C(F)(F)F. The van der Waals surface area contributed by atoms with Crippen molar-refractivity contribution in [2.45, 2.75) is 64.0 Å². The lowest BCUT2D eigenvalue weighted by molar-refractivity contribution is -0.0935. The number of ether oxygens (including phenoxy) is 1. The third-order valence-corrected chi connectivity index (χ3v) is 6.27. The lowest BCUT2D eigenvalue weighted by atomic mass is 10.1. The summed E-state index contributed by atoms with van der Waals surface area (Å²) in [5, 5.41) is 4.49. The van der Waals surface area contributed by atoms with Crippen LogP contribution in [-0.2, 0) is 11.2 Å². The van der Waals surface area contributed by atoms with E-state index in [-0.39, 0.29) is 25.0 Å². The molecule has 1 aliphatic carbocycles. The molecule has 4 heterocycles. The van der Waals surface area contributed by atoms with E-state index >= 15 is 0 Å². The second kappa shape index (κ2) is 8.65. The van der Waals surface area contributed by atoms with Crippen molar-refractivity contribution in [2.75, 3.05) is 18.0 Å². The molecular formula is C24H27F3N6O. The molecular weight excluding hydrogens is 445 g/mol. The van der Waals surface area contributed by atoms with Crippen molar-refractivity contribution in [3.63, 3.8) is 0 Å². The molecule has 1 saturated heterocycles. The lowest BCUT2D eigenvalue weighted by Gasteiger charge is -2.37. The maximum absolute atomic E-state index is 13.0. The number of fused-ring (bicyclic) bond motifs is 1. The molecule has 0 radical (unpaired) electrons. The first kappa shape index (κ1) is 22.8. The zero-order valence-electron chi connectivity index (χ0n) is 19.2. The van der Waals surface area contributed by atoms with Crippen LogP contribution in [0.15, 0.2) is 36.8 Å². The molecule has 0 aromatic carbocycles. The van der Waals surface area contributed by atoms with Crippen LogP contribution in [0, 0.1) is 6.92 Å². The van der Waals surface area contributed by atoms with E-state index in [0.717, 1.165) is 24.1 Å². The number of hydrogen-bond acceptors (Lipinski definition) is 6. The van der Waals surface area contributed by atoms with Crippen LogP contribution in [0.5, 0.6) is 0 Å². The van der Waals surface area contributed by atoms with Gasteiger partial charge in [0, 0.05) is 36.1 Å². The zero-order valence-corrected chi connectivity index (χ0v) is 19.2. The summed E-state index contributed by atoms with van der Waals surface area (Å²) >= 11 is 0. The predicted octanol–water partition coefficient (Wildman–Crippen LogP) is 4.88. The first-order chi connectivity index (χ1) is 16.2. The number of pyridine rings is 1. The summed E-state index contributed by atoms with van der Waals surface area (Å²) in [6.07, 6.45) is 3.00. The van der Waals surface area contributed by atoms with Crippen LogP contribution in [0.2, 0.25) is 0 Å². The van der Waals surface area contributed by atoms with Crippen molar-refractivity contribution < 1.29 is 17.9 Å². The Morgan fingerprint density at radius 3 is 2.74 bits per heavy atom. The first-order valence-corrected chi connectivity index (χ1v) is 11.5. The van der Waals surface area contributed by atoms with Gasteiger partial charge in [0.1, 0.15) is 17.4 Å². The number of hydrogen-bond donors (Lipinski definition) is 0. The standard InChI is InChI=1S/C24H27F3N6O/c1-14(24(25,26)27)4-7-19-23-20(30-15(2)9-28-23)8-22(31-19)32-11-16(3)34-21(13-32)17-10-29-33(12-17)18-5-6-18/h8-10,12,16,18,21H,1,4-7,11,13H2,2-3H3/t16-,21+/m1/s1. The second-order valence-corrected chi connectivity index (χ2v) is 9.23. The average molecular weight is 473 g/mol. The Morgan fingerprint density at radius 2 is 2.00 bits per heavy atom. The molecule has 1 saturated carbocycles. The Balaban J connectivity index is 1.44. The topological polar surface area (TPSA) is 69.0 Å². The minimum Gasteiger partial charge on any atom is -0.367 e. The van der Waals surface area contributed by atoms with Crippen LogP contribution in [-0.4, -0.2) is 50.1 Å². The number of aryl methyl sites for hydroxylation is 2. The summed E-state index contributed by atoms with van der Waals surface area (Å²) in [6.45, 7) is 8.21. The number of morpholine rings is 1. The average Bonchev–Trinajstić information content (AvgIpc) is 3.52. The summed E-state index contributed by atoms with van der Waals surface area (Å²) in [7, 11) is 0. The van der Waals surface area contributed by atoms with Crippen LogP contribution in [0.25, 0.3) is 11.0 Å². The highest BCUT2D eigenvalue weighted by Crippen LogP contribution is 2.36. The summed E-state index contributed by atoms with van der Waals surface area (Å²) in [5.74, 6) is 0.662. The molecule has 0 N–H and O–H groups in total. The minimum absolute atomic E-state index is 0.0578. The molecule has 3 aromatic rings. The van der Waals surface area contributed by atoms with Gasteiger partial charge >= 0.3 is 6.18 Å². The Bertz CT molecular complexity index is 1220. The Hall–Kier alpha value is -3.01. The highest BCUT2D eigenvalue weighted by Gasteiger charge is 2.33. The minimum atomic E-state index is -4.42. The van der Waals surface area contributed by atoms with E-state index in [4.69, 9.17) is 9.72 Å². The third-order valence-electron chi connectivity index (χ3n) is 6.27. The van der Waals surface area contributed by atoms with Gasteiger partial charge in [-0.3, -0.25) is 9.67 Å². The number of nitrogens with zero attached hydrogens (tertiary/aromatic N) is 6. The molecule has 10 heteroatoms. The number of anilines is 1. The summed E-state index contributed by atoms with van der Waals surface area (Å²) in [6, 6.07) is 2.35. The second-order valence-electron chi connectivity index (χ2n) is 9.23. The largest absolute Gasteiger partial charge is 0.412 e. The fourth-order valence-corrected chi connectivity index (χ4v) is 4.29. The molecule has 7 nitrogen and oxygen atoms in total. The van der Waals surface area contributed by atoms with Crippen LogP contribution in [0.4, 0.5) is 19.0 Å². The van der Waals surface area contributed by atoms with E-state index in [1.807, 2.05) is 30.8 Å². The van der Waals surface area contributed by atoms with E-state index in [2.05, 4.69) is 32.7 Å². The van der Waals surface area contributed by atoms with Crippen molar-refractivity contribution in [2.24, 2.45) is 0 Å². The van der Waals surface area contributed by atoms with Crippen molar-refractivity contribution in [3.8, 4) is 0 Å². The van der Waals surface area contributed by atoms with Gasteiger partial charge in [0.2, 0.25) is 0 Å². The summed E-state index contributed by atoms with van der Waals surface area (Å²) in [4.78, 5) is 15.9. The van der Waals surface area contributed by atoms with Gasteiger partial charge in [-0.05, 0) is 39.5 Å². The fraction of sp³-hybridized carbons (Fsp3) is 0.500. The van der Waals surface area contributed by atoms with Gasteiger partial charge in [0.05, 0.1) is 41.8 Å². The zero-order chi connectivity index (χ0) is 24.0. The quantitative estimate of drug-likeness (QED) is 0.476. The van der Waals surface area contributed by atoms with Gasteiger partial charge in [0.25, 0.3) is 0 Å².